The van der Waals surface area contributed by atoms with Gasteiger partial charge in [0.1, 0.15) is 17.2 Å². The van der Waals surface area contributed by atoms with Crippen LogP contribution < -0.4 is 0 Å². The van der Waals surface area contributed by atoms with Crippen molar-refractivity contribution in [2.75, 3.05) is 13.7 Å². The van der Waals surface area contributed by atoms with Crippen LogP contribution >= 0.6 is 0 Å². The minimum absolute atomic E-state index is 0.0386. The fraction of sp³-hybridized carbons (Fsp3) is 0.348. The molecule has 2 aliphatic rings. The molecule has 1 aromatic carbocycles. The Morgan fingerprint density at radius 2 is 1.72 bits per heavy atom. The quantitative estimate of drug-likeness (QED) is 0.531. The van der Waals surface area contributed by atoms with Crippen molar-refractivity contribution in [2.24, 2.45) is 0 Å². The normalized spacial score (nSPS) is 21.9. The number of nitrogens with zero attached hydrogens (tertiary/aromatic N) is 2. The summed E-state index contributed by atoms with van der Waals surface area (Å²) < 4.78 is 11.2. The molecule has 32 heavy (non-hydrogen) atoms. The van der Waals surface area contributed by atoms with Gasteiger partial charge >= 0.3 is 11.9 Å². The smallest absolute Gasteiger partial charge is 0.355 e. The maximum absolute atomic E-state index is 13.6. The van der Waals surface area contributed by atoms with Gasteiger partial charge in [0.2, 0.25) is 0 Å². The van der Waals surface area contributed by atoms with E-state index in [0.717, 1.165) is 9.47 Å². The van der Waals surface area contributed by atoms with Crippen molar-refractivity contribution < 1.29 is 33.4 Å². The van der Waals surface area contributed by atoms with Gasteiger partial charge in [-0.1, -0.05) is 12.1 Å². The molecule has 0 saturated heterocycles. The average molecular weight is 438 g/mol. The summed E-state index contributed by atoms with van der Waals surface area (Å²) in [7, 11) is 1.22. The number of aryl methyl sites for hydroxylation is 1. The van der Waals surface area contributed by atoms with E-state index < -0.39 is 41.1 Å². The summed E-state index contributed by atoms with van der Waals surface area (Å²) in [6, 6.07) is 6.54. The number of esters is 2. The number of aromatic nitrogens is 1. The lowest BCUT2D eigenvalue weighted by Crippen LogP contribution is -2.56. The number of rotatable bonds is 4. The molecule has 4 rings (SSSR count). The average Bonchev–Trinajstić information content (AvgIpc) is 3.26. The van der Waals surface area contributed by atoms with Gasteiger partial charge in [-0.25, -0.2) is 4.79 Å². The Kier molecular flexibility index (Phi) is 4.99. The first-order valence-corrected chi connectivity index (χ1v) is 10.2. The molecule has 2 aromatic rings. The van der Waals surface area contributed by atoms with Crippen LogP contribution in [-0.4, -0.2) is 58.9 Å². The van der Waals surface area contributed by atoms with Gasteiger partial charge in [-0.05, 0) is 51.0 Å². The van der Waals surface area contributed by atoms with Crippen LogP contribution in [0.15, 0.2) is 30.3 Å². The molecule has 0 N–H and O–H groups in total. The van der Waals surface area contributed by atoms with Crippen molar-refractivity contribution in [3.63, 3.8) is 0 Å². The second-order valence-electron chi connectivity index (χ2n) is 8.02. The molecule has 2 atom stereocenters. The zero-order chi connectivity index (χ0) is 23.4. The van der Waals surface area contributed by atoms with Crippen molar-refractivity contribution in [3.8, 4) is 0 Å². The molecule has 0 aliphatic carbocycles. The third-order valence-electron chi connectivity index (χ3n) is 6.11. The molecular formula is C23H22N2O7. The van der Waals surface area contributed by atoms with Crippen LogP contribution in [0.2, 0.25) is 0 Å². The lowest BCUT2D eigenvalue weighted by Gasteiger charge is -2.39. The largest absolute Gasteiger partial charge is 0.468 e. The summed E-state index contributed by atoms with van der Waals surface area (Å²) in [4.78, 5) is 66.2. The summed E-state index contributed by atoms with van der Waals surface area (Å²) in [5.41, 5.74) is -0.371. The van der Waals surface area contributed by atoms with E-state index in [1.807, 2.05) is 0 Å². The Balaban J connectivity index is 1.90. The first-order valence-electron chi connectivity index (χ1n) is 10.2. The molecule has 0 spiro atoms. The van der Waals surface area contributed by atoms with Gasteiger partial charge in [0.15, 0.2) is 0 Å². The fourth-order valence-corrected chi connectivity index (χ4v) is 4.55. The lowest BCUT2D eigenvalue weighted by atomic mass is 9.77. The summed E-state index contributed by atoms with van der Waals surface area (Å²) >= 11 is 0. The number of amides is 2. The number of imide groups is 1. The van der Waals surface area contributed by atoms with E-state index in [4.69, 9.17) is 9.47 Å². The molecule has 2 amide bonds. The Morgan fingerprint density at radius 1 is 1.12 bits per heavy atom. The SMILES string of the molecule is CCOC(=O)c1c(C)cc2n1C(=O)C(N1C(=O)c3ccccc3C1=O)CC2(C)C(=O)OC. The zero-order valence-electron chi connectivity index (χ0n) is 18.1. The molecular weight excluding hydrogens is 416 g/mol. The summed E-state index contributed by atoms with van der Waals surface area (Å²) in [6.07, 6.45) is -0.171. The Bertz CT molecular complexity index is 1160. The van der Waals surface area contributed by atoms with E-state index in [1.165, 1.54) is 19.2 Å². The van der Waals surface area contributed by atoms with Crippen molar-refractivity contribution in [1.29, 1.82) is 0 Å². The molecule has 2 aliphatic heterocycles. The van der Waals surface area contributed by atoms with E-state index in [9.17, 15) is 24.0 Å². The van der Waals surface area contributed by atoms with Gasteiger partial charge in [-0.15, -0.1) is 0 Å². The first kappa shape index (κ1) is 21.5. The van der Waals surface area contributed by atoms with Gasteiger partial charge in [0.25, 0.3) is 17.7 Å². The number of hydrogen-bond acceptors (Lipinski definition) is 7. The molecule has 0 radical (unpaired) electrons. The number of carbonyl (C=O) groups excluding carboxylic acids is 5. The molecule has 1 aromatic heterocycles. The highest BCUT2D eigenvalue weighted by Crippen LogP contribution is 2.41. The molecule has 0 bridgehead atoms. The highest BCUT2D eigenvalue weighted by atomic mass is 16.5. The van der Waals surface area contributed by atoms with Crippen molar-refractivity contribution in [1.82, 2.24) is 9.47 Å². The van der Waals surface area contributed by atoms with Crippen molar-refractivity contribution in [3.05, 3.63) is 58.4 Å². The van der Waals surface area contributed by atoms with Crippen LogP contribution in [0, 0.1) is 6.92 Å². The number of carbonyl (C=O) groups is 5. The number of methoxy groups -OCH3 is 1. The van der Waals surface area contributed by atoms with E-state index in [1.54, 1.807) is 39.0 Å². The Hall–Kier alpha value is -3.75. The van der Waals surface area contributed by atoms with E-state index in [-0.39, 0.29) is 35.5 Å². The predicted molar refractivity (Wildman–Crippen MR) is 110 cm³/mol. The fourth-order valence-electron chi connectivity index (χ4n) is 4.55. The van der Waals surface area contributed by atoms with E-state index in [2.05, 4.69) is 0 Å². The number of hydrogen-bond donors (Lipinski definition) is 0. The third kappa shape index (κ3) is 2.80. The highest BCUT2D eigenvalue weighted by Gasteiger charge is 2.54. The van der Waals surface area contributed by atoms with Crippen LogP contribution in [0.5, 0.6) is 0 Å². The van der Waals surface area contributed by atoms with E-state index >= 15 is 0 Å². The summed E-state index contributed by atoms with van der Waals surface area (Å²) in [5, 5.41) is 0. The molecule has 0 fully saturated rings. The van der Waals surface area contributed by atoms with Gasteiger partial charge in [-0.2, -0.15) is 0 Å². The summed E-state index contributed by atoms with van der Waals surface area (Å²) in [6.45, 7) is 4.91. The predicted octanol–water partition coefficient (Wildman–Crippen LogP) is 2.11. The van der Waals surface area contributed by atoms with E-state index in [0.29, 0.717) is 5.56 Å². The molecule has 2 unspecified atom stereocenters. The number of fused-ring (bicyclic) bond motifs is 2. The molecule has 9 nitrogen and oxygen atoms in total. The minimum Gasteiger partial charge on any atom is -0.468 e. The van der Waals surface area contributed by atoms with Crippen LogP contribution in [0.4, 0.5) is 0 Å². The van der Waals surface area contributed by atoms with Gasteiger partial charge in [-0.3, -0.25) is 28.6 Å². The van der Waals surface area contributed by atoms with Crippen LogP contribution in [0.25, 0.3) is 0 Å². The molecule has 9 heteroatoms. The maximum Gasteiger partial charge on any atom is 0.355 e. The monoisotopic (exact) mass is 438 g/mol. The van der Waals surface area contributed by atoms with Gasteiger partial charge in [0.05, 0.1) is 24.8 Å². The second-order valence-corrected chi connectivity index (χ2v) is 8.02. The summed E-state index contributed by atoms with van der Waals surface area (Å²) in [5.74, 6) is -3.30. The van der Waals surface area contributed by atoms with Crippen LogP contribution in [0.1, 0.15) is 67.5 Å². The number of benzene rings is 1. The van der Waals surface area contributed by atoms with Crippen molar-refractivity contribution >= 4 is 29.7 Å². The second kappa shape index (κ2) is 7.44. The lowest BCUT2D eigenvalue weighted by molar-refractivity contribution is -0.148. The molecule has 166 valence electrons. The molecule has 3 heterocycles. The Labute approximate surface area is 183 Å². The standard InChI is InChI=1S/C23H22N2O7/c1-5-32-21(29)17-12(2)10-16-23(3,22(30)31-4)11-15(20(28)25(16)17)24-18(26)13-8-6-7-9-14(13)19(24)27/h6-10,15H,5,11H2,1-4H3. The minimum atomic E-state index is -1.39. The zero-order valence-corrected chi connectivity index (χ0v) is 18.1. The van der Waals surface area contributed by atoms with Gasteiger partial charge < -0.3 is 9.47 Å². The van der Waals surface area contributed by atoms with Crippen LogP contribution in [0.3, 0.4) is 0 Å². The number of ether oxygens (including phenoxy) is 2. The van der Waals surface area contributed by atoms with Gasteiger partial charge in [0, 0.05) is 5.69 Å². The highest BCUT2D eigenvalue weighted by molar-refractivity contribution is 6.23. The topological polar surface area (TPSA) is 112 Å². The molecule has 0 saturated carbocycles. The third-order valence-corrected chi connectivity index (χ3v) is 6.11. The maximum atomic E-state index is 13.6. The Morgan fingerprint density at radius 3 is 2.25 bits per heavy atom. The van der Waals surface area contributed by atoms with Crippen molar-refractivity contribution in [2.45, 2.75) is 38.6 Å². The first-order chi connectivity index (χ1) is 15.2. The van der Waals surface area contributed by atoms with Crippen LogP contribution in [-0.2, 0) is 19.7 Å².